The number of rotatable bonds is 2. The van der Waals surface area contributed by atoms with E-state index in [-0.39, 0.29) is 0 Å². The van der Waals surface area contributed by atoms with Gasteiger partial charge in [-0.25, -0.2) is 0 Å². The van der Waals surface area contributed by atoms with E-state index in [2.05, 4.69) is 79.6 Å². The van der Waals surface area contributed by atoms with Gasteiger partial charge in [-0.05, 0) is 41.8 Å². The summed E-state index contributed by atoms with van der Waals surface area (Å²) in [5.74, 6) is 1.13. The van der Waals surface area contributed by atoms with Crippen molar-refractivity contribution in [2.24, 2.45) is 0 Å². The molecule has 0 bridgehead atoms. The molecule has 0 aliphatic carbocycles. The van der Waals surface area contributed by atoms with Crippen LogP contribution >= 0.6 is 11.8 Å². The molecule has 0 amide bonds. The molecule has 1 heterocycles. The predicted octanol–water partition coefficient (Wildman–Crippen LogP) is 4.64. The lowest BCUT2D eigenvalue weighted by atomic mass is 9.93. The van der Waals surface area contributed by atoms with E-state index >= 15 is 0 Å². The summed E-state index contributed by atoms with van der Waals surface area (Å²) in [4.78, 5) is 0. The van der Waals surface area contributed by atoms with Crippen molar-refractivity contribution in [2.45, 2.75) is 30.4 Å². The van der Waals surface area contributed by atoms with Gasteiger partial charge in [0, 0.05) is 17.0 Å². The minimum atomic E-state index is 0.471. The molecular weight excluding hydrogens is 262 g/mol. The molecule has 2 heteroatoms. The first-order chi connectivity index (χ1) is 9.78. The molecule has 0 aromatic heterocycles. The van der Waals surface area contributed by atoms with Crippen LogP contribution in [0.3, 0.4) is 0 Å². The van der Waals surface area contributed by atoms with Crippen LogP contribution in [0.5, 0.6) is 0 Å². The van der Waals surface area contributed by atoms with Crippen LogP contribution in [0.2, 0.25) is 0 Å². The summed E-state index contributed by atoms with van der Waals surface area (Å²) in [5, 5.41) is 4.20. The first kappa shape index (κ1) is 13.7. The zero-order valence-electron chi connectivity index (χ0n) is 12.1. The molecular formula is C18H21NS. The van der Waals surface area contributed by atoms with Crippen LogP contribution in [-0.4, -0.2) is 12.3 Å². The Hall–Kier alpha value is -1.25. The molecule has 2 aromatic carbocycles. The number of hydrogen-bond acceptors (Lipinski definition) is 2. The van der Waals surface area contributed by atoms with Crippen LogP contribution in [0, 0.1) is 0 Å². The Bertz CT molecular complexity index is 579. The van der Waals surface area contributed by atoms with Crippen LogP contribution in [0.25, 0.3) is 11.1 Å². The molecule has 0 spiro atoms. The fraction of sp³-hybridized carbons (Fsp3) is 0.333. The molecule has 2 atom stereocenters. The number of fused-ring (bicyclic) bond motifs is 1. The molecule has 2 unspecified atom stereocenters. The maximum atomic E-state index is 3.50. The van der Waals surface area contributed by atoms with Crippen molar-refractivity contribution in [3.05, 3.63) is 59.7 Å². The zero-order chi connectivity index (χ0) is 13.9. The number of nitrogens with one attached hydrogen (secondary N) is 1. The highest BCUT2D eigenvalue weighted by molar-refractivity contribution is 7.99. The minimum Gasteiger partial charge on any atom is -0.313 e. The molecule has 2 aromatic rings. The standard InChI is InChI=1S/C18H21NS/c1-13-10-18(19-2)17-11-15(8-9-16(17)12-20-13)14-6-4-3-5-7-14/h3-9,11,13,18-19H,10,12H2,1-2H3. The lowest BCUT2D eigenvalue weighted by Gasteiger charge is -2.19. The van der Waals surface area contributed by atoms with Crippen LogP contribution in [-0.2, 0) is 5.75 Å². The number of benzene rings is 2. The lowest BCUT2D eigenvalue weighted by molar-refractivity contribution is 0.550. The van der Waals surface area contributed by atoms with Gasteiger partial charge < -0.3 is 5.32 Å². The van der Waals surface area contributed by atoms with Gasteiger partial charge in [-0.1, -0.05) is 49.4 Å². The lowest BCUT2D eigenvalue weighted by Crippen LogP contribution is -2.19. The smallest absolute Gasteiger partial charge is 0.0331 e. The van der Waals surface area contributed by atoms with Crippen LogP contribution in [0.1, 0.15) is 30.5 Å². The van der Waals surface area contributed by atoms with Gasteiger partial charge >= 0.3 is 0 Å². The van der Waals surface area contributed by atoms with Gasteiger partial charge in [0.15, 0.2) is 0 Å². The van der Waals surface area contributed by atoms with Gasteiger partial charge in [0.1, 0.15) is 0 Å². The maximum Gasteiger partial charge on any atom is 0.0331 e. The Morgan fingerprint density at radius 2 is 1.85 bits per heavy atom. The SMILES string of the molecule is CNC1CC(C)SCc2ccc(-c3ccccc3)cc21. The Balaban J connectivity index is 2.03. The molecule has 1 nitrogen and oxygen atoms in total. The molecule has 104 valence electrons. The fourth-order valence-electron chi connectivity index (χ4n) is 2.89. The van der Waals surface area contributed by atoms with E-state index < -0.39 is 0 Å². The zero-order valence-corrected chi connectivity index (χ0v) is 12.9. The van der Waals surface area contributed by atoms with E-state index in [0.717, 1.165) is 5.75 Å². The Labute approximate surface area is 125 Å². The van der Waals surface area contributed by atoms with Crippen molar-refractivity contribution in [3.8, 4) is 11.1 Å². The summed E-state index contributed by atoms with van der Waals surface area (Å²) in [6, 6.07) is 18.1. The fourth-order valence-corrected chi connectivity index (χ4v) is 3.95. The topological polar surface area (TPSA) is 12.0 Å². The third-order valence-electron chi connectivity index (χ3n) is 4.07. The third-order valence-corrected chi connectivity index (χ3v) is 5.31. The molecule has 1 aliphatic rings. The van der Waals surface area contributed by atoms with E-state index in [9.17, 15) is 0 Å². The summed E-state index contributed by atoms with van der Waals surface area (Å²) < 4.78 is 0. The van der Waals surface area contributed by atoms with E-state index in [0.29, 0.717) is 11.3 Å². The molecule has 3 rings (SSSR count). The van der Waals surface area contributed by atoms with Gasteiger partial charge in [0.05, 0.1) is 0 Å². The Morgan fingerprint density at radius 3 is 2.60 bits per heavy atom. The van der Waals surface area contributed by atoms with Crippen LogP contribution in [0.15, 0.2) is 48.5 Å². The van der Waals surface area contributed by atoms with Crippen molar-refractivity contribution >= 4 is 11.8 Å². The molecule has 1 aliphatic heterocycles. The van der Waals surface area contributed by atoms with E-state index in [1.807, 2.05) is 0 Å². The van der Waals surface area contributed by atoms with Gasteiger partial charge in [0.2, 0.25) is 0 Å². The number of thioether (sulfide) groups is 1. The Morgan fingerprint density at radius 1 is 1.05 bits per heavy atom. The summed E-state index contributed by atoms with van der Waals surface area (Å²) in [5.41, 5.74) is 5.59. The quantitative estimate of drug-likeness (QED) is 0.861. The largest absolute Gasteiger partial charge is 0.313 e. The second-order valence-electron chi connectivity index (χ2n) is 5.48. The van der Waals surface area contributed by atoms with Gasteiger partial charge in [0.25, 0.3) is 0 Å². The first-order valence-corrected chi connectivity index (χ1v) is 8.30. The van der Waals surface area contributed by atoms with E-state index in [1.165, 1.54) is 28.7 Å². The highest BCUT2D eigenvalue weighted by Gasteiger charge is 2.21. The van der Waals surface area contributed by atoms with E-state index in [1.54, 1.807) is 0 Å². The molecule has 1 N–H and O–H groups in total. The second kappa shape index (κ2) is 6.02. The average Bonchev–Trinajstić information content (AvgIpc) is 2.67. The van der Waals surface area contributed by atoms with Crippen LogP contribution in [0.4, 0.5) is 0 Å². The van der Waals surface area contributed by atoms with Crippen molar-refractivity contribution in [1.29, 1.82) is 0 Å². The van der Waals surface area contributed by atoms with Gasteiger partial charge in [-0.3, -0.25) is 0 Å². The van der Waals surface area contributed by atoms with Crippen molar-refractivity contribution in [1.82, 2.24) is 5.32 Å². The molecule has 0 radical (unpaired) electrons. The highest BCUT2D eigenvalue weighted by atomic mass is 32.2. The highest BCUT2D eigenvalue weighted by Crippen LogP contribution is 2.36. The summed E-state index contributed by atoms with van der Waals surface area (Å²) in [7, 11) is 2.08. The predicted molar refractivity (Wildman–Crippen MR) is 89.1 cm³/mol. The molecule has 0 fully saturated rings. The van der Waals surface area contributed by atoms with Crippen molar-refractivity contribution in [2.75, 3.05) is 7.05 Å². The number of hydrogen-bond donors (Lipinski definition) is 1. The molecule has 0 saturated carbocycles. The second-order valence-corrected chi connectivity index (χ2v) is 6.90. The minimum absolute atomic E-state index is 0.471. The molecule has 20 heavy (non-hydrogen) atoms. The summed E-state index contributed by atoms with van der Waals surface area (Å²) in [6.45, 7) is 2.33. The van der Waals surface area contributed by atoms with E-state index in [4.69, 9.17) is 0 Å². The van der Waals surface area contributed by atoms with Gasteiger partial charge in [-0.15, -0.1) is 0 Å². The Kier molecular flexibility index (Phi) is 4.13. The monoisotopic (exact) mass is 283 g/mol. The third kappa shape index (κ3) is 2.77. The van der Waals surface area contributed by atoms with Crippen molar-refractivity contribution < 1.29 is 0 Å². The van der Waals surface area contributed by atoms with Gasteiger partial charge in [-0.2, -0.15) is 11.8 Å². The average molecular weight is 283 g/mol. The maximum absolute atomic E-state index is 3.50. The summed E-state index contributed by atoms with van der Waals surface area (Å²) >= 11 is 2.06. The molecule has 0 saturated heterocycles. The van der Waals surface area contributed by atoms with Crippen LogP contribution < -0.4 is 5.32 Å². The van der Waals surface area contributed by atoms with Crippen molar-refractivity contribution in [3.63, 3.8) is 0 Å². The summed E-state index contributed by atoms with van der Waals surface area (Å²) in [6.07, 6.45) is 1.20. The normalized spacial score (nSPS) is 22.1. The first-order valence-electron chi connectivity index (χ1n) is 7.25.